The number of methoxy groups -OCH3 is 2. The predicted molar refractivity (Wildman–Crippen MR) is 103 cm³/mol. The normalized spacial score (nSPS) is 10.5. The van der Waals surface area contributed by atoms with Crippen LogP contribution in [-0.4, -0.2) is 38.2 Å². The monoisotopic (exact) mass is 357 g/mol. The van der Waals surface area contributed by atoms with Gasteiger partial charge in [0, 0.05) is 25.5 Å². The molecule has 0 aliphatic heterocycles. The van der Waals surface area contributed by atoms with E-state index in [1.54, 1.807) is 26.6 Å². The fraction of sp³-hybridized carbons (Fsp3) is 0.400. The number of ether oxygens (including phenoxy) is 2. The highest BCUT2D eigenvalue weighted by molar-refractivity contribution is 5.94. The standard InChI is InChI=1S/C20H27N3O3/c1-14(2)11-23-20(24)16-10-17(13-21-12-16)22-8-7-15-5-6-18(25-3)19(9-15)26-4/h5-6,9-10,12-14,22H,7-8,11H2,1-4H3,(H,23,24). The van der Waals surface area contributed by atoms with Crippen molar-refractivity contribution in [3.63, 3.8) is 0 Å². The molecule has 6 nitrogen and oxygen atoms in total. The number of benzene rings is 1. The van der Waals surface area contributed by atoms with Gasteiger partial charge in [0.05, 0.1) is 25.5 Å². The maximum Gasteiger partial charge on any atom is 0.252 e. The molecule has 0 fully saturated rings. The van der Waals surface area contributed by atoms with Gasteiger partial charge in [0.25, 0.3) is 5.91 Å². The van der Waals surface area contributed by atoms with E-state index in [-0.39, 0.29) is 5.91 Å². The highest BCUT2D eigenvalue weighted by Gasteiger charge is 2.08. The lowest BCUT2D eigenvalue weighted by Crippen LogP contribution is -2.27. The lowest BCUT2D eigenvalue weighted by Gasteiger charge is -2.11. The third-order valence-corrected chi connectivity index (χ3v) is 3.86. The summed E-state index contributed by atoms with van der Waals surface area (Å²) in [5, 5.41) is 6.20. The van der Waals surface area contributed by atoms with Crippen LogP contribution < -0.4 is 20.1 Å². The highest BCUT2D eigenvalue weighted by Crippen LogP contribution is 2.27. The number of amides is 1. The number of carbonyl (C=O) groups is 1. The summed E-state index contributed by atoms with van der Waals surface area (Å²) < 4.78 is 10.6. The van der Waals surface area contributed by atoms with Crippen molar-refractivity contribution < 1.29 is 14.3 Å². The molecule has 0 saturated carbocycles. The summed E-state index contributed by atoms with van der Waals surface area (Å²) >= 11 is 0. The van der Waals surface area contributed by atoms with Crippen LogP contribution in [-0.2, 0) is 6.42 Å². The van der Waals surface area contributed by atoms with Crippen LogP contribution in [0.2, 0.25) is 0 Å². The van der Waals surface area contributed by atoms with Crippen molar-refractivity contribution in [1.82, 2.24) is 10.3 Å². The van der Waals surface area contributed by atoms with E-state index in [1.165, 1.54) is 0 Å². The Hall–Kier alpha value is -2.76. The zero-order valence-electron chi connectivity index (χ0n) is 15.8. The third kappa shape index (κ3) is 5.65. The van der Waals surface area contributed by atoms with Crippen molar-refractivity contribution in [1.29, 1.82) is 0 Å². The Morgan fingerprint density at radius 1 is 1.12 bits per heavy atom. The topological polar surface area (TPSA) is 72.5 Å². The molecule has 0 aliphatic rings. The van der Waals surface area contributed by atoms with E-state index in [2.05, 4.69) is 29.5 Å². The van der Waals surface area contributed by atoms with Crippen LogP contribution >= 0.6 is 0 Å². The first-order chi connectivity index (χ1) is 12.5. The van der Waals surface area contributed by atoms with Crippen LogP contribution in [0.25, 0.3) is 0 Å². The maximum atomic E-state index is 12.1. The number of hydrogen-bond donors (Lipinski definition) is 2. The van der Waals surface area contributed by atoms with Crippen molar-refractivity contribution in [2.75, 3.05) is 32.6 Å². The van der Waals surface area contributed by atoms with Gasteiger partial charge in [0.15, 0.2) is 11.5 Å². The van der Waals surface area contributed by atoms with Crippen molar-refractivity contribution in [2.45, 2.75) is 20.3 Å². The van der Waals surface area contributed by atoms with Crippen LogP contribution in [0.3, 0.4) is 0 Å². The quantitative estimate of drug-likeness (QED) is 0.721. The number of nitrogens with one attached hydrogen (secondary N) is 2. The summed E-state index contributed by atoms with van der Waals surface area (Å²) in [5.41, 5.74) is 2.51. The van der Waals surface area contributed by atoms with E-state index in [4.69, 9.17) is 9.47 Å². The van der Waals surface area contributed by atoms with Crippen LogP contribution in [0, 0.1) is 5.92 Å². The Balaban J connectivity index is 1.92. The summed E-state index contributed by atoms with van der Waals surface area (Å²) in [4.78, 5) is 16.3. The first-order valence-electron chi connectivity index (χ1n) is 8.71. The Bertz CT molecular complexity index is 732. The van der Waals surface area contributed by atoms with Gasteiger partial charge in [-0.2, -0.15) is 0 Å². The van der Waals surface area contributed by atoms with Gasteiger partial charge >= 0.3 is 0 Å². The molecule has 1 aromatic heterocycles. The molecule has 0 bridgehead atoms. The van der Waals surface area contributed by atoms with Gasteiger partial charge < -0.3 is 20.1 Å². The fourth-order valence-corrected chi connectivity index (χ4v) is 2.45. The molecular weight excluding hydrogens is 330 g/mol. The van der Waals surface area contributed by atoms with Gasteiger partial charge in [-0.3, -0.25) is 9.78 Å². The molecule has 1 heterocycles. The second kappa shape index (κ2) is 9.65. The maximum absolute atomic E-state index is 12.1. The highest BCUT2D eigenvalue weighted by atomic mass is 16.5. The molecule has 0 atom stereocenters. The Morgan fingerprint density at radius 2 is 1.88 bits per heavy atom. The summed E-state index contributed by atoms with van der Waals surface area (Å²) in [6.07, 6.45) is 4.10. The predicted octanol–water partition coefficient (Wildman–Crippen LogP) is 3.14. The molecule has 140 valence electrons. The molecule has 2 N–H and O–H groups in total. The van der Waals surface area contributed by atoms with E-state index in [0.717, 1.165) is 23.4 Å². The van der Waals surface area contributed by atoms with Crippen LogP contribution in [0.4, 0.5) is 5.69 Å². The minimum absolute atomic E-state index is 0.102. The molecule has 2 rings (SSSR count). The van der Waals surface area contributed by atoms with Gasteiger partial charge in [-0.05, 0) is 36.1 Å². The lowest BCUT2D eigenvalue weighted by molar-refractivity contribution is 0.0948. The van der Waals surface area contributed by atoms with Crippen molar-refractivity contribution in [2.24, 2.45) is 5.92 Å². The van der Waals surface area contributed by atoms with Gasteiger partial charge in [0.2, 0.25) is 0 Å². The van der Waals surface area contributed by atoms with Gasteiger partial charge in [-0.25, -0.2) is 0 Å². The SMILES string of the molecule is COc1ccc(CCNc2cncc(C(=O)NCC(C)C)c2)cc1OC. The van der Waals surface area contributed by atoms with E-state index in [1.807, 2.05) is 24.3 Å². The Kier molecular flexibility index (Phi) is 7.26. The first kappa shape index (κ1) is 19.6. The van der Waals surface area contributed by atoms with Crippen molar-refractivity contribution in [3.05, 3.63) is 47.8 Å². The van der Waals surface area contributed by atoms with Crippen molar-refractivity contribution >= 4 is 11.6 Å². The van der Waals surface area contributed by atoms with Crippen LogP contribution in [0.15, 0.2) is 36.7 Å². The lowest BCUT2D eigenvalue weighted by atomic mass is 10.1. The van der Waals surface area contributed by atoms with Crippen molar-refractivity contribution in [3.8, 4) is 11.5 Å². The molecule has 1 amide bonds. The minimum Gasteiger partial charge on any atom is -0.493 e. The number of carbonyl (C=O) groups excluding carboxylic acids is 1. The Morgan fingerprint density at radius 3 is 2.58 bits per heavy atom. The van der Waals surface area contributed by atoms with Gasteiger partial charge in [0.1, 0.15) is 0 Å². The molecule has 0 aliphatic carbocycles. The van der Waals surface area contributed by atoms with E-state index in [9.17, 15) is 4.79 Å². The average Bonchev–Trinajstić information content (AvgIpc) is 2.66. The summed E-state index contributed by atoms with van der Waals surface area (Å²) in [6, 6.07) is 7.69. The molecule has 1 aromatic carbocycles. The average molecular weight is 357 g/mol. The number of pyridine rings is 1. The molecular formula is C20H27N3O3. The van der Waals surface area contributed by atoms with E-state index in [0.29, 0.717) is 30.3 Å². The second-order valence-electron chi connectivity index (χ2n) is 6.43. The van der Waals surface area contributed by atoms with Gasteiger partial charge in [-0.15, -0.1) is 0 Å². The summed E-state index contributed by atoms with van der Waals surface area (Å²) in [5.74, 6) is 1.74. The van der Waals surface area contributed by atoms with E-state index < -0.39 is 0 Å². The van der Waals surface area contributed by atoms with Crippen LogP contribution in [0.1, 0.15) is 29.8 Å². The Labute approximate surface area is 154 Å². The molecule has 0 radical (unpaired) electrons. The molecule has 0 unspecified atom stereocenters. The molecule has 6 heteroatoms. The largest absolute Gasteiger partial charge is 0.493 e. The minimum atomic E-state index is -0.102. The number of hydrogen-bond acceptors (Lipinski definition) is 5. The zero-order valence-corrected chi connectivity index (χ0v) is 15.8. The second-order valence-corrected chi connectivity index (χ2v) is 6.43. The third-order valence-electron chi connectivity index (χ3n) is 3.86. The first-order valence-corrected chi connectivity index (χ1v) is 8.71. The summed E-state index contributed by atoms with van der Waals surface area (Å²) in [6.45, 7) is 5.49. The molecule has 2 aromatic rings. The number of nitrogens with zero attached hydrogens (tertiary/aromatic N) is 1. The molecule has 0 saturated heterocycles. The van der Waals surface area contributed by atoms with E-state index >= 15 is 0 Å². The van der Waals surface area contributed by atoms with Gasteiger partial charge in [-0.1, -0.05) is 19.9 Å². The molecule has 0 spiro atoms. The summed E-state index contributed by atoms with van der Waals surface area (Å²) in [7, 11) is 3.25. The number of rotatable bonds is 9. The zero-order chi connectivity index (χ0) is 18.9. The molecule has 26 heavy (non-hydrogen) atoms. The number of aromatic nitrogens is 1. The number of anilines is 1. The van der Waals surface area contributed by atoms with Crippen LogP contribution in [0.5, 0.6) is 11.5 Å². The smallest absolute Gasteiger partial charge is 0.252 e. The fourth-order valence-electron chi connectivity index (χ4n) is 2.45.